The van der Waals surface area contributed by atoms with Crippen molar-refractivity contribution in [1.82, 2.24) is 4.98 Å². The summed E-state index contributed by atoms with van der Waals surface area (Å²) in [5, 5.41) is 8.79. The first-order chi connectivity index (χ1) is 5.74. The number of rotatable bonds is 3. The van der Waals surface area contributed by atoms with E-state index in [-0.39, 0.29) is 13.2 Å². The first-order valence-electron chi connectivity index (χ1n) is 3.28. The monoisotopic (exact) mass is 251 g/mol. The van der Waals surface area contributed by atoms with Crippen molar-refractivity contribution in [3.63, 3.8) is 0 Å². The van der Waals surface area contributed by atoms with Crippen LogP contribution in [0.2, 0.25) is 5.15 Å². The number of hydrogen-bond acceptors (Lipinski definition) is 3. The summed E-state index contributed by atoms with van der Waals surface area (Å²) in [6.07, 6.45) is 1.58. The molecule has 0 fully saturated rings. The number of aliphatic hydroxyl groups excluding tert-OH is 1. The molecule has 1 aromatic heterocycles. The van der Waals surface area contributed by atoms with E-state index in [4.69, 9.17) is 21.4 Å². The second-order valence-electron chi connectivity index (χ2n) is 2.01. The fourth-order valence-electron chi connectivity index (χ4n) is 0.661. The van der Waals surface area contributed by atoms with Crippen molar-refractivity contribution in [2.24, 2.45) is 0 Å². The number of aromatic nitrogens is 1. The van der Waals surface area contributed by atoms with Gasteiger partial charge in [-0.05, 0) is 22.0 Å². The maximum atomic E-state index is 8.49. The van der Waals surface area contributed by atoms with Gasteiger partial charge >= 0.3 is 0 Å². The van der Waals surface area contributed by atoms with Crippen LogP contribution in [0.1, 0.15) is 0 Å². The van der Waals surface area contributed by atoms with Gasteiger partial charge in [-0.1, -0.05) is 11.6 Å². The Morgan fingerprint density at radius 3 is 3.08 bits per heavy atom. The van der Waals surface area contributed by atoms with Crippen LogP contribution >= 0.6 is 27.5 Å². The number of halogens is 2. The predicted octanol–water partition coefficient (Wildman–Crippen LogP) is 1.87. The number of pyridine rings is 1. The molecule has 0 aliphatic rings. The molecule has 0 radical (unpaired) electrons. The molecule has 1 aromatic rings. The third kappa shape index (κ3) is 2.62. The highest BCUT2D eigenvalue weighted by Gasteiger charge is 2.02. The summed E-state index contributed by atoms with van der Waals surface area (Å²) in [4.78, 5) is 3.84. The van der Waals surface area contributed by atoms with E-state index in [2.05, 4.69) is 20.9 Å². The van der Waals surface area contributed by atoms with Crippen LogP contribution in [0.3, 0.4) is 0 Å². The molecule has 0 bridgehead atoms. The van der Waals surface area contributed by atoms with E-state index in [1.165, 1.54) is 0 Å². The van der Waals surface area contributed by atoms with Gasteiger partial charge in [0.05, 0.1) is 6.61 Å². The van der Waals surface area contributed by atoms with E-state index >= 15 is 0 Å². The standard InChI is InChI=1S/C7H7BrClNO2/c8-5-3-6(12-2-1-11)7(9)10-4-5/h3-4,11H,1-2H2. The van der Waals surface area contributed by atoms with E-state index in [0.717, 1.165) is 4.47 Å². The molecule has 0 atom stereocenters. The highest BCUT2D eigenvalue weighted by Crippen LogP contribution is 2.24. The predicted molar refractivity (Wildman–Crippen MR) is 49.5 cm³/mol. The van der Waals surface area contributed by atoms with Crippen molar-refractivity contribution in [3.8, 4) is 5.75 Å². The minimum Gasteiger partial charge on any atom is -0.488 e. The normalized spacial score (nSPS) is 9.92. The molecule has 0 saturated carbocycles. The molecule has 1 rings (SSSR count). The SMILES string of the molecule is OCCOc1cc(Br)cnc1Cl. The molecule has 0 unspecified atom stereocenters. The molecule has 3 nitrogen and oxygen atoms in total. The average Bonchev–Trinajstić information content (AvgIpc) is 2.07. The van der Waals surface area contributed by atoms with Crippen molar-refractivity contribution < 1.29 is 9.84 Å². The molecule has 1 N–H and O–H groups in total. The fourth-order valence-corrected chi connectivity index (χ4v) is 1.13. The van der Waals surface area contributed by atoms with Crippen molar-refractivity contribution >= 4 is 27.5 Å². The summed E-state index contributed by atoms with van der Waals surface area (Å²) in [6.45, 7) is 0.181. The molecular formula is C7H7BrClNO2. The lowest BCUT2D eigenvalue weighted by atomic mass is 10.5. The lowest BCUT2D eigenvalue weighted by molar-refractivity contribution is 0.201. The first-order valence-corrected chi connectivity index (χ1v) is 4.46. The maximum Gasteiger partial charge on any atom is 0.171 e. The summed E-state index contributed by atoms with van der Waals surface area (Å²) in [5.41, 5.74) is 0. The lowest BCUT2D eigenvalue weighted by Gasteiger charge is -2.04. The minimum absolute atomic E-state index is 0.0388. The Bertz CT molecular complexity index is 270. The molecule has 0 spiro atoms. The zero-order valence-electron chi connectivity index (χ0n) is 6.13. The van der Waals surface area contributed by atoms with E-state index in [1.54, 1.807) is 12.3 Å². The van der Waals surface area contributed by atoms with Crippen molar-refractivity contribution in [3.05, 3.63) is 21.9 Å². The zero-order valence-corrected chi connectivity index (χ0v) is 8.47. The Morgan fingerprint density at radius 2 is 2.42 bits per heavy atom. The number of aliphatic hydroxyl groups is 1. The van der Waals surface area contributed by atoms with Gasteiger partial charge in [-0.25, -0.2) is 4.98 Å². The van der Waals surface area contributed by atoms with Gasteiger partial charge in [0.2, 0.25) is 0 Å². The van der Waals surface area contributed by atoms with Gasteiger partial charge in [0.1, 0.15) is 6.61 Å². The molecule has 0 aliphatic carbocycles. The molecule has 12 heavy (non-hydrogen) atoms. The summed E-state index contributed by atoms with van der Waals surface area (Å²) < 4.78 is 5.88. The van der Waals surface area contributed by atoms with Crippen LogP contribution in [0.5, 0.6) is 5.75 Å². The van der Waals surface area contributed by atoms with Crippen molar-refractivity contribution in [2.45, 2.75) is 0 Å². The molecule has 0 aliphatic heterocycles. The Hall–Kier alpha value is -0.320. The van der Waals surface area contributed by atoms with Gasteiger partial charge in [-0.3, -0.25) is 0 Å². The summed E-state index contributed by atoms with van der Waals surface area (Å²) in [6, 6.07) is 1.70. The van der Waals surface area contributed by atoms with Crippen molar-refractivity contribution in [2.75, 3.05) is 13.2 Å². The number of hydrogen-bond donors (Lipinski definition) is 1. The van der Waals surface area contributed by atoms with Crippen LogP contribution in [0.4, 0.5) is 0 Å². The van der Waals surface area contributed by atoms with E-state index in [9.17, 15) is 0 Å². The smallest absolute Gasteiger partial charge is 0.171 e. The summed E-state index contributed by atoms with van der Waals surface area (Å²) in [5.74, 6) is 0.472. The fraction of sp³-hybridized carbons (Fsp3) is 0.286. The van der Waals surface area contributed by atoms with Gasteiger partial charge in [0.15, 0.2) is 10.9 Å². The minimum atomic E-state index is -0.0388. The van der Waals surface area contributed by atoms with Crippen LogP contribution in [0.25, 0.3) is 0 Å². The van der Waals surface area contributed by atoms with Gasteiger partial charge in [0, 0.05) is 10.7 Å². The molecule has 66 valence electrons. The van der Waals surface area contributed by atoms with E-state index < -0.39 is 0 Å². The van der Waals surface area contributed by atoms with Crippen LogP contribution < -0.4 is 4.74 Å². The zero-order chi connectivity index (χ0) is 8.97. The second-order valence-corrected chi connectivity index (χ2v) is 3.29. The van der Waals surface area contributed by atoms with Crippen LogP contribution in [-0.4, -0.2) is 23.3 Å². The van der Waals surface area contributed by atoms with Crippen molar-refractivity contribution in [1.29, 1.82) is 0 Å². The Labute approximate surface area is 83.5 Å². The third-order valence-corrected chi connectivity index (χ3v) is 1.84. The summed E-state index contributed by atoms with van der Waals surface area (Å²) in [7, 11) is 0. The molecule has 0 amide bonds. The molecule has 1 heterocycles. The highest BCUT2D eigenvalue weighted by molar-refractivity contribution is 9.10. The topological polar surface area (TPSA) is 42.4 Å². The first kappa shape index (κ1) is 9.77. The van der Waals surface area contributed by atoms with E-state index in [0.29, 0.717) is 10.9 Å². The Kier molecular flexibility index (Phi) is 3.78. The average molecular weight is 252 g/mol. The highest BCUT2D eigenvalue weighted by atomic mass is 79.9. The Morgan fingerprint density at radius 1 is 1.67 bits per heavy atom. The largest absolute Gasteiger partial charge is 0.488 e. The number of ether oxygens (including phenoxy) is 1. The molecular weight excluding hydrogens is 245 g/mol. The molecule has 0 saturated heterocycles. The molecule has 5 heteroatoms. The molecule has 0 aromatic carbocycles. The summed E-state index contributed by atoms with van der Waals surface area (Å²) >= 11 is 8.92. The lowest BCUT2D eigenvalue weighted by Crippen LogP contribution is -2.02. The third-order valence-electron chi connectivity index (χ3n) is 1.12. The van der Waals surface area contributed by atoms with Gasteiger partial charge in [-0.15, -0.1) is 0 Å². The van der Waals surface area contributed by atoms with Gasteiger partial charge in [-0.2, -0.15) is 0 Å². The van der Waals surface area contributed by atoms with Crippen LogP contribution in [-0.2, 0) is 0 Å². The number of nitrogens with zero attached hydrogens (tertiary/aromatic N) is 1. The van der Waals surface area contributed by atoms with Crippen LogP contribution in [0, 0.1) is 0 Å². The van der Waals surface area contributed by atoms with Gasteiger partial charge in [0.25, 0.3) is 0 Å². The Balaban J connectivity index is 2.75. The second kappa shape index (κ2) is 4.64. The quantitative estimate of drug-likeness (QED) is 0.835. The maximum absolute atomic E-state index is 8.49. The van der Waals surface area contributed by atoms with Crippen LogP contribution in [0.15, 0.2) is 16.7 Å². The van der Waals surface area contributed by atoms with Gasteiger partial charge < -0.3 is 9.84 Å². The van der Waals surface area contributed by atoms with E-state index in [1.807, 2.05) is 0 Å².